The van der Waals surface area contributed by atoms with Crippen LogP contribution in [0.4, 0.5) is 5.69 Å². The Balaban J connectivity index is 1.70. The molecule has 1 aliphatic carbocycles. The summed E-state index contributed by atoms with van der Waals surface area (Å²) in [5, 5.41) is 3.76. The number of pyridine rings is 1. The average molecular weight is 245 g/mol. The smallest absolute Gasteiger partial charge is 0.0608 e. The van der Waals surface area contributed by atoms with E-state index in [-0.39, 0.29) is 0 Å². The van der Waals surface area contributed by atoms with Crippen LogP contribution in [0, 0.1) is 13.8 Å². The summed E-state index contributed by atoms with van der Waals surface area (Å²) in [6, 6.07) is 5.84. The minimum atomic E-state index is 0.673. The maximum atomic E-state index is 4.59. The summed E-state index contributed by atoms with van der Waals surface area (Å²) in [6.45, 7) is 6.50. The molecule has 18 heavy (non-hydrogen) atoms. The van der Waals surface area contributed by atoms with Gasteiger partial charge in [-0.15, -0.1) is 0 Å². The lowest BCUT2D eigenvalue weighted by Crippen LogP contribution is -2.46. The second-order valence-electron chi connectivity index (χ2n) is 5.78. The first-order valence-electron chi connectivity index (χ1n) is 7.17. The van der Waals surface area contributed by atoms with Gasteiger partial charge in [-0.25, -0.2) is 0 Å². The molecule has 1 aromatic rings. The van der Waals surface area contributed by atoms with Crippen molar-refractivity contribution in [2.45, 2.75) is 51.6 Å². The molecule has 3 heteroatoms. The summed E-state index contributed by atoms with van der Waals surface area (Å²) in [5.74, 6) is 0. The zero-order valence-electron chi connectivity index (χ0n) is 11.4. The van der Waals surface area contributed by atoms with Crippen LogP contribution in [0.3, 0.4) is 0 Å². The molecule has 1 saturated carbocycles. The zero-order chi connectivity index (χ0) is 12.5. The van der Waals surface area contributed by atoms with Gasteiger partial charge in [0.1, 0.15) is 0 Å². The first kappa shape index (κ1) is 12.0. The third-order valence-corrected chi connectivity index (χ3v) is 4.01. The highest BCUT2D eigenvalue weighted by molar-refractivity contribution is 5.51. The largest absolute Gasteiger partial charge is 0.369 e. The van der Waals surface area contributed by atoms with E-state index in [1.54, 1.807) is 0 Å². The normalized spacial score (nSPS) is 24.3. The minimum Gasteiger partial charge on any atom is -0.369 e. The number of hydrogen-bond donors (Lipinski definition) is 1. The topological polar surface area (TPSA) is 28.2 Å². The molecule has 0 amide bonds. The van der Waals surface area contributed by atoms with Crippen LogP contribution in [0.1, 0.15) is 37.1 Å². The molecular weight excluding hydrogens is 222 g/mol. The van der Waals surface area contributed by atoms with Crippen LogP contribution in [0.15, 0.2) is 12.1 Å². The van der Waals surface area contributed by atoms with Gasteiger partial charge in [0.05, 0.1) is 11.4 Å². The molecule has 2 fully saturated rings. The summed E-state index contributed by atoms with van der Waals surface area (Å²) in [6.07, 6.45) is 5.37. The predicted molar refractivity (Wildman–Crippen MR) is 75.1 cm³/mol. The average Bonchev–Trinajstić information content (AvgIpc) is 3.13. The second kappa shape index (κ2) is 4.88. The molecule has 3 nitrogen and oxygen atoms in total. The van der Waals surface area contributed by atoms with Crippen molar-refractivity contribution in [3.8, 4) is 0 Å². The molecule has 98 valence electrons. The Morgan fingerprint density at radius 3 is 2.72 bits per heavy atom. The fraction of sp³-hybridized carbons (Fsp3) is 0.667. The van der Waals surface area contributed by atoms with Gasteiger partial charge >= 0.3 is 0 Å². The molecule has 0 bridgehead atoms. The SMILES string of the molecule is Cc1ccc(N2CCCC(NC3CC3)C2)c(C)n1. The molecule has 1 N–H and O–H groups in total. The minimum absolute atomic E-state index is 0.673. The predicted octanol–water partition coefficient (Wildman–Crippen LogP) is 2.42. The van der Waals surface area contributed by atoms with Gasteiger partial charge in [0.25, 0.3) is 0 Å². The molecule has 2 aliphatic rings. The Morgan fingerprint density at radius 1 is 1.17 bits per heavy atom. The zero-order valence-corrected chi connectivity index (χ0v) is 11.4. The Labute approximate surface area is 110 Å². The molecule has 0 aromatic carbocycles. The van der Waals surface area contributed by atoms with Crippen LogP contribution in [0.5, 0.6) is 0 Å². The summed E-state index contributed by atoms with van der Waals surface area (Å²) in [4.78, 5) is 7.09. The molecular formula is C15H23N3. The van der Waals surface area contributed by atoms with Crippen molar-refractivity contribution < 1.29 is 0 Å². The van der Waals surface area contributed by atoms with Gasteiger partial charge in [0.15, 0.2) is 0 Å². The summed E-state index contributed by atoms with van der Waals surface area (Å²) in [5.41, 5.74) is 3.60. The van der Waals surface area contributed by atoms with Crippen LogP contribution in [0.25, 0.3) is 0 Å². The van der Waals surface area contributed by atoms with E-state index in [1.807, 2.05) is 0 Å². The van der Waals surface area contributed by atoms with Gasteiger partial charge in [0, 0.05) is 30.9 Å². The van der Waals surface area contributed by atoms with Crippen molar-refractivity contribution >= 4 is 5.69 Å². The van der Waals surface area contributed by atoms with Crippen molar-refractivity contribution in [3.05, 3.63) is 23.5 Å². The van der Waals surface area contributed by atoms with E-state index in [0.717, 1.165) is 18.3 Å². The van der Waals surface area contributed by atoms with E-state index in [4.69, 9.17) is 0 Å². The summed E-state index contributed by atoms with van der Waals surface area (Å²) < 4.78 is 0. The maximum Gasteiger partial charge on any atom is 0.0608 e. The number of piperidine rings is 1. The third-order valence-electron chi connectivity index (χ3n) is 4.01. The quantitative estimate of drug-likeness (QED) is 0.886. The van der Waals surface area contributed by atoms with E-state index < -0.39 is 0 Å². The Hall–Kier alpha value is -1.09. The van der Waals surface area contributed by atoms with Crippen molar-refractivity contribution in [2.24, 2.45) is 0 Å². The molecule has 3 rings (SSSR count). The Morgan fingerprint density at radius 2 is 2.00 bits per heavy atom. The van der Waals surface area contributed by atoms with Crippen molar-refractivity contribution in [1.29, 1.82) is 0 Å². The number of hydrogen-bond acceptors (Lipinski definition) is 3. The summed E-state index contributed by atoms with van der Waals surface area (Å²) in [7, 11) is 0. The van der Waals surface area contributed by atoms with E-state index in [2.05, 4.69) is 41.2 Å². The van der Waals surface area contributed by atoms with Gasteiger partial charge in [-0.2, -0.15) is 0 Å². The Kier molecular flexibility index (Phi) is 3.25. The van der Waals surface area contributed by atoms with Crippen LogP contribution < -0.4 is 10.2 Å². The van der Waals surface area contributed by atoms with E-state index in [1.165, 1.54) is 43.6 Å². The van der Waals surface area contributed by atoms with E-state index >= 15 is 0 Å². The third kappa shape index (κ3) is 2.66. The number of nitrogens with zero attached hydrogens (tertiary/aromatic N) is 2. The lowest BCUT2D eigenvalue weighted by atomic mass is 10.0. The molecule has 1 aliphatic heterocycles. The van der Waals surface area contributed by atoms with Crippen molar-refractivity contribution in [1.82, 2.24) is 10.3 Å². The van der Waals surface area contributed by atoms with Crippen molar-refractivity contribution in [3.63, 3.8) is 0 Å². The lowest BCUT2D eigenvalue weighted by Gasteiger charge is -2.35. The molecule has 1 saturated heterocycles. The number of anilines is 1. The molecule has 1 unspecified atom stereocenters. The highest BCUT2D eigenvalue weighted by Gasteiger charge is 2.28. The fourth-order valence-electron chi connectivity index (χ4n) is 2.93. The number of rotatable bonds is 3. The van der Waals surface area contributed by atoms with Gasteiger partial charge in [-0.1, -0.05) is 0 Å². The number of nitrogens with one attached hydrogen (secondary N) is 1. The first-order valence-corrected chi connectivity index (χ1v) is 7.17. The lowest BCUT2D eigenvalue weighted by molar-refractivity contribution is 0.420. The molecule has 1 aromatic heterocycles. The highest BCUT2D eigenvalue weighted by Crippen LogP contribution is 2.25. The van der Waals surface area contributed by atoms with Gasteiger partial charge in [0.2, 0.25) is 0 Å². The standard InChI is InChI=1S/C15H23N3/c1-11-5-8-15(12(2)16-11)18-9-3-4-14(10-18)17-13-6-7-13/h5,8,13-14,17H,3-4,6-7,9-10H2,1-2H3. The number of aromatic nitrogens is 1. The van der Waals surface area contributed by atoms with Gasteiger partial charge in [-0.3, -0.25) is 4.98 Å². The van der Waals surface area contributed by atoms with Crippen molar-refractivity contribution in [2.75, 3.05) is 18.0 Å². The monoisotopic (exact) mass is 245 g/mol. The maximum absolute atomic E-state index is 4.59. The Bertz CT molecular complexity index is 426. The van der Waals surface area contributed by atoms with Gasteiger partial charge < -0.3 is 10.2 Å². The van der Waals surface area contributed by atoms with Crippen LogP contribution >= 0.6 is 0 Å². The first-order chi connectivity index (χ1) is 8.72. The molecule has 2 heterocycles. The molecule has 1 atom stereocenters. The van der Waals surface area contributed by atoms with Gasteiger partial charge in [-0.05, 0) is 51.7 Å². The van der Waals surface area contributed by atoms with Crippen LogP contribution in [-0.4, -0.2) is 30.2 Å². The fourth-order valence-corrected chi connectivity index (χ4v) is 2.93. The second-order valence-corrected chi connectivity index (χ2v) is 5.78. The van der Waals surface area contributed by atoms with Crippen LogP contribution in [-0.2, 0) is 0 Å². The van der Waals surface area contributed by atoms with E-state index in [9.17, 15) is 0 Å². The van der Waals surface area contributed by atoms with Crippen LogP contribution in [0.2, 0.25) is 0 Å². The molecule has 0 radical (unpaired) electrons. The van der Waals surface area contributed by atoms with E-state index in [0.29, 0.717) is 6.04 Å². The summed E-state index contributed by atoms with van der Waals surface area (Å²) >= 11 is 0. The molecule has 0 spiro atoms. The number of aryl methyl sites for hydroxylation is 2. The highest BCUT2D eigenvalue weighted by atomic mass is 15.2.